The first-order valence-electron chi connectivity index (χ1n) is 5.56. The molecule has 16 heavy (non-hydrogen) atoms. The summed E-state index contributed by atoms with van der Waals surface area (Å²) in [4.78, 5) is 0. The summed E-state index contributed by atoms with van der Waals surface area (Å²) >= 11 is 0. The normalized spacial score (nSPS) is 14.1. The van der Waals surface area contributed by atoms with E-state index in [1.54, 1.807) is 13.4 Å². The molecule has 0 amide bonds. The van der Waals surface area contributed by atoms with Crippen LogP contribution in [0.5, 0.6) is 0 Å². The molecule has 0 aromatic carbocycles. The van der Waals surface area contributed by atoms with Gasteiger partial charge in [-0.05, 0) is 5.41 Å². The third kappa shape index (κ3) is 3.57. The first-order chi connectivity index (χ1) is 7.45. The minimum Gasteiger partial charge on any atom is -0.383 e. The third-order valence-corrected chi connectivity index (χ3v) is 2.75. The third-order valence-electron chi connectivity index (χ3n) is 2.75. The van der Waals surface area contributed by atoms with Gasteiger partial charge >= 0.3 is 0 Å². The van der Waals surface area contributed by atoms with Crippen LogP contribution in [0.1, 0.15) is 26.6 Å². The second-order valence-corrected chi connectivity index (χ2v) is 5.11. The maximum atomic E-state index is 6.13. The molecular weight excluding hydrogens is 204 g/mol. The molecule has 0 spiro atoms. The molecule has 5 heteroatoms. The predicted octanol–water partition coefficient (Wildman–Crippen LogP) is 0.840. The van der Waals surface area contributed by atoms with Crippen LogP contribution in [0, 0.1) is 5.41 Å². The van der Waals surface area contributed by atoms with E-state index in [1.807, 2.05) is 4.57 Å². The van der Waals surface area contributed by atoms with Crippen LogP contribution in [-0.2, 0) is 17.7 Å². The van der Waals surface area contributed by atoms with Gasteiger partial charge in [0.2, 0.25) is 0 Å². The molecule has 92 valence electrons. The summed E-state index contributed by atoms with van der Waals surface area (Å²) in [6, 6.07) is 0.0815. The second-order valence-electron chi connectivity index (χ2n) is 5.11. The topological polar surface area (TPSA) is 66.0 Å². The first-order valence-corrected chi connectivity index (χ1v) is 5.56. The van der Waals surface area contributed by atoms with Gasteiger partial charge in [-0.15, -0.1) is 10.2 Å². The van der Waals surface area contributed by atoms with Crippen LogP contribution in [0.4, 0.5) is 0 Å². The van der Waals surface area contributed by atoms with Crippen molar-refractivity contribution < 1.29 is 4.74 Å². The Morgan fingerprint density at radius 1 is 1.50 bits per heavy atom. The summed E-state index contributed by atoms with van der Waals surface area (Å²) in [6.45, 7) is 7.83. The van der Waals surface area contributed by atoms with Gasteiger partial charge < -0.3 is 15.0 Å². The number of hydrogen-bond acceptors (Lipinski definition) is 4. The Morgan fingerprint density at radius 3 is 2.75 bits per heavy atom. The van der Waals surface area contributed by atoms with E-state index in [-0.39, 0.29) is 11.5 Å². The summed E-state index contributed by atoms with van der Waals surface area (Å²) < 4.78 is 7.03. The zero-order valence-corrected chi connectivity index (χ0v) is 10.6. The zero-order chi connectivity index (χ0) is 12.2. The number of methoxy groups -OCH3 is 1. The highest BCUT2D eigenvalue weighted by atomic mass is 16.5. The van der Waals surface area contributed by atoms with Gasteiger partial charge in [0.1, 0.15) is 12.2 Å². The van der Waals surface area contributed by atoms with Gasteiger partial charge in [0.25, 0.3) is 0 Å². The molecule has 0 saturated carbocycles. The molecule has 1 atom stereocenters. The summed E-state index contributed by atoms with van der Waals surface area (Å²) in [6.07, 6.45) is 2.47. The molecule has 1 rings (SSSR count). The van der Waals surface area contributed by atoms with Crippen molar-refractivity contribution in [2.45, 2.75) is 39.8 Å². The monoisotopic (exact) mass is 226 g/mol. The van der Waals surface area contributed by atoms with E-state index in [1.165, 1.54) is 0 Å². The number of rotatable bonds is 5. The lowest BCUT2D eigenvalue weighted by Gasteiger charge is -2.26. The van der Waals surface area contributed by atoms with E-state index < -0.39 is 0 Å². The summed E-state index contributed by atoms with van der Waals surface area (Å²) in [5, 5.41) is 8.01. The Hall–Kier alpha value is -0.940. The fourth-order valence-electron chi connectivity index (χ4n) is 1.32. The van der Waals surface area contributed by atoms with E-state index in [4.69, 9.17) is 10.5 Å². The number of ether oxygens (including phenoxy) is 1. The Labute approximate surface area is 97.0 Å². The van der Waals surface area contributed by atoms with Crippen molar-refractivity contribution in [3.63, 3.8) is 0 Å². The molecule has 2 N–H and O–H groups in total. The molecule has 1 aromatic rings. The van der Waals surface area contributed by atoms with E-state index in [0.717, 1.165) is 18.8 Å². The van der Waals surface area contributed by atoms with Crippen LogP contribution in [0.25, 0.3) is 0 Å². The average Bonchev–Trinajstić information content (AvgIpc) is 2.61. The van der Waals surface area contributed by atoms with Crippen molar-refractivity contribution in [2.75, 3.05) is 13.7 Å². The molecule has 0 aliphatic carbocycles. The van der Waals surface area contributed by atoms with Crippen LogP contribution >= 0.6 is 0 Å². The van der Waals surface area contributed by atoms with Gasteiger partial charge in [-0.25, -0.2) is 0 Å². The number of hydrogen-bond donors (Lipinski definition) is 1. The first kappa shape index (κ1) is 13.1. The van der Waals surface area contributed by atoms with Gasteiger partial charge in [-0.1, -0.05) is 20.8 Å². The highest BCUT2D eigenvalue weighted by molar-refractivity contribution is 4.93. The molecular formula is C11H22N4O. The van der Waals surface area contributed by atoms with Crippen molar-refractivity contribution in [1.82, 2.24) is 14.8 Å². The van der Waals surface area contributed by atoms with E-state index in [0.29, 0.717) is 6.61 Å². The summed E-state index contributed by atoms with van der Waals surface area (Å²) in [5.74, 6) is 0.930. The van der Waals surface area contributed by atoms with Crippen molar-refractivity contribution in [3.8, 4) is 0 Å². The van der Waals surface area contributed by atoms with Crippen LogP contribution in [0.3, 0.4) is 0 Å². The second kappa shape index (κ2) is 5.41. The zero-order valence-electron chi connectivity index (χ0n) is 10.6. The van der Waals surface area contributed by atoms with E-state index in [9.17, 15) is 0 Å². The average molecular weight is 226 g/mol. The quantitative estimate of drug-likeness (QED) is 0.808. The number of aromatic nitrogens is 3. The molecule has 0 aliphatic heterocycles. The summed E-state index contributed by atoms with van der Waals surface area (Å²) in [5.41, 5.74) is 6.21. The predicted molar refractivity (Wildman–Crippen MR) is 63.0 cm³/mol. The molecule has 0 saturated heterocycles. The van der Waals surface area contributed by atoms with E-state index >= 15 is 0 Å². The summed E-state index contributed by atoms with van der Waals surface area (Å²) in [7, 11) is 1.69. The largest absolute Gasteiger partial charge is 0.383 e. The van der Waals surface area contributed by atoms with Gasteiger partial charge in [-0.2, -0.15) is 0 Å². The van der Waals surface area contributed by atoms with E-state index in [2.05, 4.69) is 31.0 Å². The Balaban J connectivity index is 2.63. The standard InChI is InChI=1S/C11H22N4O/c1-11(2,3)9(12)7-10-14-13-8-15(10)5-6-16-4/h8-9H,5-7,12H2,1-4H3. The lowest BCUT2D eigenvalue weighted by atomic mass is 9.85. The Morgan fingerprint density at radius 2 is 2.19 bits per heavy atom. The fourth-order valence-corrected chi connectivity index (χ4v) is 1.32. The Bertz CT molecular complexity index is 316. The van der Waals surface area contributed by atoms with Crippen LogP contribution in [-0.4, -0.2) is 34.5 Å². The van der Waals surface area contributed by atoms with Gasteiger partial charge in [-0.3, -0.25) is 0 Å². The van der Waals surface area contributed by atoms with Crippen molar-refractivity contribution in [3.05, 3.63) is 12.2 Å². The van der Waals surface area contributed by atoms with Crippen molar-refractivity contribution in [2.24, 2.45) is 11.1 Å². The van der Waals surface area contributed by atoms with Crippen LogP contribution < -0.4 is 5.73 Å². The molecule has 5 nitrogen and oxygen atoms in total. The lowest BCUT2D eigenvalue weighted by Crippen LogP contribution is -2.37. The number of nitrogens with zero attached hydrogens (tertiary/aromatic N) is 3. The SMILES string of the molecule is COCCn1cnnc1CC(N)C(C)(C)C. The van der Waals surface area contributed by atoms with Gasteiger partial charge in [0.05, 0.1) is 6.61 Å². The Kier molecular flexibility index (Phi) is 4.44. The van der Waals surface area contributed by atoms with Crippen LogP contribution in [0.15, 0.2) is 6.33 Å². The fraction of sp³-hybridized carbons (Fsp3) is 0.818. The van der Waals surface area contributed by atoms with Crippen molar-refractivity contribution in [1.29, 1.82) is 0 Å². The lowest BCUT2D eigenvalue weighted by molar-refractivity contribution is 0.185. The van der Waals surface area contributed by atoms with Gasteiger partial charge in [0.15, 0.2) is 0 Å². The minimum atomic E-state index is 0.0814. The minimum absolute atomic E-state index is 0.0814. The maximum Gasteiger partial charge on any atom is 0.134 e. The smallest absolute Gasteiger partial charge is 0.134 e. The molecule has 1 heterocycles. The molecule has 0 aliphatic rings. The van der Waals surface area contributed by atoms with Crippen LogP contribution in [0.2, 0.25) is 0 Å². The molecule has 1 unspecified atom stereocenters. The molecule has 0 fully saturated rings. The number of nitrogens with two attached hydrogens (primary N) is 1. The van der Waals surface area contributed by atoms with Gasteiger partial charge in [0, 0.05) is 26.1 Å². The molecule has 0 bridgehead atoms. The maximum absolute atomic E-state index is 6.13. The van der Waals surface area contributed by atoms with Crippen molar-refractivity contribution >= 4 is 0 Å². The molecule has 0 radical (unpaired) electrons. The molecule has 1 aromatic heterocycles. The highest BCUT2D eigenvalue weighted by Crippen LogP contribution is 2.19. The highest BCUT2D eigenvalue weighted by Gasteiger charge is 2.22.